The Bertz CT molecular complexity index is 912. The van der Waals surface area contributed by atoms with E-state index in [0.29, 0.717) is 23.2 Å². The molecule has 1 aromatic carbocycles. The third kappa shape index (κ3) is 6.21. The Kier molecular flexibility index (Phi) is 7.29. The lowest BCUT2D eigenvalue weighted by atomic mass is 10.2. The molecule has 0 aliphatic heterocycles. The second-order valence-corrected chi connectivity index (χ2v) is 9.51. The molecule has 0 aliphatic rings. The maximum Gasteiger partial charge on any atom is 0.282 e. The molecule has 0 radical (unpaired) electrons. The van der Waals surface area contributed by atoms with Crippen molar-refractivity contribution in [3.63, 3.8) is 0 Å². The Balaban J connectivity index is 1.47. The molecule has 2 aromatic heterocycles. The van der Waals surface area contributed by atoms with Gasteiger partial charge in [-0.3, -0.25) is 4.79 Å². The molecule has 0 saturated carbocycles. The highest BCUT2D eigenvalue weighted by Crippen LogP contribution is 2.29. The fourth-order valence-electron chi connectivity index (χ4n) is 2.02. The van der Waals surface area contributed by atoms with Gasteiger partial charge in [0.05, 0.1) is 5.75 Å². The fourth-order valence-corrected chi connectivity index (χ4v) is 4.52. The zero-order valence-electron chi connectivity index (χ0n) is 15.3. The Morgan fingerprint density at radius 3 is 2.68 bits per heavy atom. The summed E-state index contributed by atoms with van der Waals surface area (Å²) in [5.74, 6) is 0.504. The van der Waals surface area contributed by atoms with Gasteiger partial charge in [0.25, 0.3) is 5.91 Å². The number of hydrogen-bond acceptors (Lipinski definition) is 9. The predicted molar refractivity (Wildman–Crippen MR) is 110 cm³/mol. The van der Waals surface area contributed by atoms with Gasteiger partial charge in [-0.05, 0) is 23.6 Å². The summed E-state index contributed by atoms with van der Waals surface area (Å²) in [6.07, 6.45) is 0. The number of amides is 1. The van der Waals surface area contributed by atoms with E-state index in [0.717, 1.165) is 26.6 Å². The summed E-state index contributed by atoms with van der Waals surface area (Å²) in [7, 11) is 0. The van der Waals surface area contributed by atoms with Crippen molar-refractivity contribution in [3.05, 3.63) is 45.7 Å². The zero-order chi connectivity index (χ0) is 19.9. The van der Waals surface area contributed by atoms with Crippen molar-refractivity contribution in [1.82, 2.24) is 25.7 Å². The molecule has 7 nitrogen and oxygen atoms in total. The first-order valence-corrected chi connectivity index (χ1v) is 11.2. The normalized spacial score (nSPS) is 11.0. The highest BCUT2D eigenvalue weighted by atomic mass is 32.2. The number of nitrogens with zero attached hydrogens (tertiary/aromatic N) is 4. The van der Waals surface area contributed by atoms with Crippen molar-refractivity contribution in [2.75, 3.05) is 11.9 Å². The van der Waals surface area contributed by atoms with Gasteiger partial charge >= 0.3 is 0 Å². The number of anilines is 1. The molecular weight excluding hydrogens is 419 g/mol. The Labute approximate surface area is 174 Å². The van der Waals surface area contributed by atoms with Crippen LogP contribution < -0.4 is 10.6 Å². The summed E-state index contributed by atoms with van der Waals surface area (Å²) < 4.78 is 13.7. The largest absolute Gasteiger partial charge is 0.360 e. The molecule has 28 heavy (non-hydrogen) atoms. The van der Waals surface area contributed by atoms with Gasteiger partial charge in [0.15, 0.2) is 4.34 Å². The average molecular weight is 439 g/mol. The molecule has 3 rings (SSSR count). The molecule has 148 valence electrons. The summed E-state index contributed by atoms with van der Waals surface area (Å²) in [6, 6.07) is 5.98. The first kappa shape index (κ1) is 20.6. The van der Waals surface area contributed by atoms with Crippen molar-refractivity contribution in [1.29, 1.82) is 0 Å². The lowest BCUT2D eigenvalue weighted by molar-refractivity contribution is 0.0950. The van der Waals surface area contributed by atoms with Crippen LogP contribution in [0.1, 0.15) is 34.2 Å². The van der Waals surface area contributed by atoms with Crippen LogP contribution in [-0.4, -0.2) is 32.8 Å². The lowest BCUT2D eigenvalue weighted by Crippen LogP contribution is -2.22. The summed E-state index contributed by atoms with van der Waals surface area (Å²) >= 11 is 4.25. The van der Waals surface area contributed by atoms with Crippen LogP contribution in [0.3, 0.4) is 0 Å². The minimum Gasteiger partial charge on any atom is -0.360 e. The number of aromatic nitrogens is 4. The van der Waals surface area contributed by atoms with Gasteiger partial charge in [0.1, 0.15) is 10.8 Å². The van der Waals surface area contributed by atoms with Crippen LogP contribution in [0.25, 0.3) is 0 Å². The number of nitrogens with one attached hydrogen (secondary N) is 2. The molecule has 2 N–H and O–H groups in total. The Hall–Kier alpha value is -2.11. The molecule has 1 amide bonds. The monoisotopic (exact) mass is 438 g/mol. The first-order chi connectivity index (χ1) is 13.5. The van der Waals surface area contributed by atoms with Crippen LogP contribution >= 0.6 is 34.4 Å². The van der Waals surface area contributed by atoms with Crippen LogP contribution in [0.5, 0.6) is 0 Å². The topological polar surface area (TPSA) is 92.7 Å². The van der Waals surface area contributed by atoms with Crippen molar-refractivity contribution in [3.8, 4) is 0 Å². The number of carbonyl (C=O) groups excluding carboxylic acids is 1. The maximum absolute atomic E-state index is 12.9. The third-order valence-electron chi connectivity index (χ3n) is 3.41. The molecule has 2 heterocycles. The molecule has 0 atom stereocenters. The van der Waals surface area contributed by atoms with Crippen molar-refractivity contribution in [2.24, 2.45) is 5.92 Å². The van der Waals surface area contributed by atoms with Crippen LogP contribution in [0.2, 0.25) is 0 Å². The average Bonchev–Trinajstić information content (AvgIpc) is 3.33. The molecule has 0 unspecified atom stereocenters. The zero-order valence-corrected chi connectivity index (χ0v) is 17.8. The van der Waals surface area contributed by atoms with E-state index in [9.17, 15) is 9.18 Å². The number of benzene rings is 1. The van der Waals surface area contributed by atoms with E-state index < -0.39 is 0 Å². The molecule has 3 aromatic rings. The predicted octanol–water partition coefficient (Wildman–Crippen LogP) is 3.82. The van der Waals surface area contributed by atoms with E-state index in [1.807, 2.05) is 0 Å². The molecule has 0 saturated heterocycles. The van der Waals surface area contributed by atoms with Crippen molar-refractivity contribution >= 4 is 45.5 Å². The Morgan fingerprint density at radius 1 is 1.14 bits per heavy atom. The second-order valence-electron chi connectivity index (χ2n) is 6.25. The minimum absolute atomic E-state index is 0.297. The van der Waals surface area contributed by atoms with Gasteiger partial charge < -0.3 is 10.6 Å². The van der Waals surface area contributed by atoms with Gasteiger partial charge in [-0.15, -0.1) is 20.4 Å². The molecule has 0 spiro atoms. The van der Waals surface area contributed by atoms with Crippen LogP contribution in [0.15, 0.2) is 28.6 Å². The van der Waals surface area contributed by atoms with Gasteiger partial charge in [-0.2, -0.15) is 0 Å². The van der Waals surface area contributed by atoms with E-state index in [1.165, 1.54) is 46.6 Å². The van der Waals surface area contributed by atoms with Crippen LogP contribution in [0.4, 0.5) is 9.52 Å². The quantitative estimate of drug-likeness (QED) is 0.491. The smallest absolute Gasteiger partial charge is 0.282 e. The summed E-state index contributed by atoms with van der Waals surface area (Å²) in [4.78, 5) is 12.2. The SMILES string of the molecule is CC(C)CNc1nnc(SCc2nnc(C(=O)NCc3ccc(F)cc3)s2)s1. The second kappa shape index (κ2) is 9.89. The standard InChI is InChI=1S/C17H19FN6OS3/c1-10(2)7-20-16-23-24-17(28-16)26-9-13-21-22-15(27-13)14(25)19-8-11-3-5-12(18)6-4-11/h3-6,10H,7-9H2,1-2H3,(H,19,25)(H,20,23). The molecule has 0 aliphatic carbocycles. The number of rotatable bonds is 9. The van der Waals surface area contributed by atoms with Gasteiger partial charge in [-0.1, -0.05) is 60.4 Å². The highest BCUT2D eigenvalue weighted by Gasteiger charge is 2.14. The minimum atomic E-state index is -0.306. The number of hydrogen-bond donors (Lipinski definition) is 2. The van der Waals surface area contributed by atoms with E-state index >= 15 is 0 Å². The number of carbonyl (C=O) groups is 1. The van der Waals surface area contributed by atoms with Crippen LogP contribution in [-0.2, 0) is 12.3 Å². The van der Waals surface area contributed by atoms with Gasteiger partial charge in [0.2, 0.25) is 10.1 Å². The number of halogens is 1. The van der Waals surface area contributed by atoms with E-state index in [4.69, 9.17) is 0 Å². The molecule has 0 fully saturated rings. The Morgan fingerprint density at radius 2 is 1.93 bits per heavy atom. The maximum atomic E-state index is 12.9. The summed E-state index contributed by atoms with van der Waals surface area (Å²) in [5.41, 5.74) is 0.813. The van der Waals surface area contributed by atoms with Crippen LogP contribution in [0, 0.1) is 11.7 Å². The third-order valence-corrected chi connectivity index (χ3v) is 6.54. The van der Waals surface area contributed by atoms with Crippen molar-refractivity contribution < 1.29 is 9.18 Å². The molecule has 0 bridgehead atoms. The number of thioether (sulfide) groups is 1. The van der Waals surface area contributed by atoms with Gasteiger partial charge in [0, 0.05) is 13.1 Å². The fraction of sp³-hybridized carbons (Fsp3) is 0.353. The lowest BCUT2D eigenvalue weighted by Gasteiger charge is -2.03. The van der Waals surface area contributed by atoms with Gasteiger partial charge in [-0.25, -0.2) is 4.39 Å². The molecule has 11 heteroatoms. The van der Waals surface area contributed by atoms with E-state index in [2.05, 4.69) is 44.9 Å². The van der Waals surface area contributed by atoms with Crippen molar-refractivity contribution in [2.45, 2.75) is 30.5 Å². The first-order valence-electron chi connectivity index (χ1n) is 8.55. The molecular formula is C17H19FN6OS3. The summed E-state index contributed by atoms with van der Waals surface area (Å²) in [5, 5.41) is 24.1. The van der Waals surface area contributed by atoms with E-state index in [1.54, 1.807) is 12.1 Å². The highest BCUT2D eigenvalue weighted by molar-refractivity contribution is 8.00. The van der Waals surface area contributed by atoms with E-state index in [-0.39, 0.29) is 11.7 Å². The summed E-state index contributed by atoms with van der Waals surface area (Å²) in [6.45, 7) is 5.42.